The Morgan fingerprint density at radius 3 is 2.67 bits per heavy atom. The lowest BCUT2D eigenvalue weighted by Crippen LogP contribution is -2.44. The van der Waals surface area contributed by atoms with Crippen molar-refractivity contribution in [1.82, 2.24) is 10.4 Å². The molecule has 0 aromatic heterocycles. The summed E-state index contributed by atoms with van der Waals surface area (Å²) in [5, 5.41) is 12.4. The molecule has 0 bridgehead atoms. The van der Waals surface area contributed by atoms with Crippen LogP contribution >= 0.6 is 15.9 Å². The molecule has 1 heterocycles. The van der Waals surface area contributed by atoms with Crippen molar-refractivity contribution in [1.29, 1.82) is 0 Å². The second-order valence-electron chi connectivity index (χ2n) is 4.10. The van der Waals surface area contributed by atoms with Gasteiger partial charge < -0.3 is 0 Å². The SMILES string of the molecule is CCCC(=O)NN1CC([N+](=O)[O-])=C(C)C(Br)=C1C. The number of nitrogens with one attached hydrogen (secondary N) is 1. The van der Waals surface area contributed by atoms with E-state index in [0.29, 0.717) is 16.5 Å². The Balaban J connectivity index is 2.93. The summed E-state index contributed by atoms with van der Waals surface area (Å²) in [6.45, 7) is 5.48. The molecule has 0 atom stereocenters. The number of amides is 1. The minimum atomic E-state index is -0.415. The number of halogens is 1. The monoisotopic (exact) mass is 317 g/mol. The van der Waals surface area contributed by atoms with Crippen LogP contribution < -0.4 is 5.43 Å². The number of nitro groups is 1. The van der Waals surface area contributed by atoms with Gasteiger partial charge in [0.05, 0.1) is 4.92 Å². The molecule has 1 amide bonds. The molecular weight excluding hydrogens is 302 g/mol. The Morgan fingerprint density at radius 1 is 1.56 bits per heavy atom. The Labute approximate surface area is 114 Å². The predicted molar refractivity (Wildman–Crippen MR) is 71.1 cm³/mol. The first kappa shape index (κ1) is 14.7. The van der Waals surface area contributed by atoms with E-state index in [1.165, 1.54) is 5.01 Å². The largest absolute Gasteiger partial charge is 0.278 e. The minimum Gasteiger partial charge on any atom is -0.278 e. The molecule has 18 heavy (non-hydrogen) atoms. The van der Waals surface area contributed by atoms with Crippen molar-refractivity contribution in [3.05, 3.63) is 31.6 Å². The van der Waals surface area contributed by atoms with Crippen molar-refractivity contribution in [2.75, 3.05) is 6.54 Å². The third kappa shape index (κ3) is 3.10. The van der Waals surface area contributed by atoms with Crippen molar-refractivity contribution in [3.63, 3.8) is 0 Å². The number of carbonyl (C=O) groups excluding carboxylic acids is 1. The van der Waals surface area contributed by atoms with Gasteiger partial charge in [-0.1, -0.05) is 6.92 Å². The van der Waals surface area contributed by atoms with Gasteiger partial charge in [-0.15, -0.1) is 0 Å². The predicted octanol–water partition coefficient (Wildman–Crippen LogP) is 2.31. The van der Waals surface area contributed by atoms with Crippen molar-refractivity contribution >= 4 is 21.8 Å². The van der Waals surface area contributed by atoms with Crippen LogP contribution in [0.1, 0.15) is 33.6 Å². The summed E-state index contributed by atoms with van der Waals surface area (Å²) in [7, 11) is 0. The molecular formula is C11H16BrN3O3. The zero-order valence-electron chi connectivity index (χ0n) is 10.6. The number of carbonyl (C=O) groups is 1. The fourth-order valence-corrected chi connectivity index (χ4v) is 2.10. The third-order valence-electron chi connectivity index (χ3n) is 2.75. The summed E-state index contributed by atoms with van der Waals surface area (Å²) in [6.07, 6.45) is 1.14. The fraction of sp³-hybridized carbons (Fsp3) is 0.545. The molecule has 0 fully saturated rings. The normalized spacial score (nSPS) is 16.1. The lowest BCUT2D eigenvalue weighted by Gasteiger charge is -2.29. The summed E-state index contributed by atoms with van der Waals surface area (Å²) < 4.78 is 0.650. The quantitative estimate of drug-likeness (QED) is 0.637. The van der Waals surface area contributed by atoms with Crippen LogP contribution in [0.3, 0.4) is 0 Å². The van der Waals surface area contributed by atoms with Gasteiger partial charge in [0.1, 0.15) is 6.54 Å². The Kier molecular flexibility index (Phi) is 4.89. The van der Waals surface area contributed by atoms with Gasteiger partial charge in [0, 0.05) is 22.2 Å². The molecule has 0 saturated carbocycles. The first-order chi connectivity index (χ1) is 8.38. The van der Waals surface area contributed by atoms with Gasteiger partial charge in [0.25, 0.3) is 5.70 Å². The first-order valence-corrected chi connectivity index (χ1v) is 6.45. The maximum Gasteiger partial charge on any atom is 0.271 e. The van der Waals surface area contributed by atoms with Gasteiger partial charge in [-0.3, -0.25) is 25.3 Å². The average Bonchev–Trinajstić information content (AvgIpc) is 2.30. The summed E-state index contributed by atoms with van der Waals surface area (Å²) in [4.78, 5) is 22.1. The minimum absolute atomic E-state index is 0.0786. The van der Waals surface area contributed by atoms with E-state index in [1.807, 2.05) is 6.92 Å². The van der Waals surface area contributed by atoms with E-state index in [-0.39, 0.29) is 18.1 Å². The highest BCUT2D eigenvalue weighted by molar-refractivity contribution is 9.12. The molecule has 1 aliphatic heterocycles. The number of hydrogen-bond donors (Lipinski definition) is 1. The van der Waals surface area contributed by atoms with Gasteiger partial charge in [-0.2, -0.15) is 0 Å². The number of hydrogen-bond acceptors (Lipinski definition) is 4. The van der Waals surface area contributed by atoms with Gasteiger partial charge in [0.2, 0.25) is 5.91 Å². The summed E-state index contributed by atoms with van der Waals surface area (Å²) in [6, 6.07) is 0. The van der Waals surface area contributed by atoms with Gasteiger partial charge in [0.15, 0.2) is 0 Å². The molecule has 0 radical (unpaired) electrons. The summed E-state index contributed by atoms with van der Waals surface area (Å²) in [5.74, 6) is -0.139. The highest BCUT2D eigenvalue weighted by Crippen LogP contribution is 2.30. The van der Waals surface area contributed by atoms with E-state index in [1.54, 1.807) is 13.8 Å². The molecule has 0 aromatic rings. The topological polar surface area (TPSA) is 75.5 Å². The molecule has 100 valence electrons. The van der Waals surface area contributed by atoms with Crippen LogP contribution in [0.2, 0.25) is 0 Å². The van der Waals surface area contributed by atoms with Crippen LogP contribution in [0.15, 0.2) is 21.4 Å². The molecule has 0 unspecified atom stereocenters. The molecule has 1 aliphatic rings. The standard InChI is InChI=1S/C11H16BrN3O3/c1-4-5-10(16)13-14-6-9(15(17)18)7(2)11(12)8(14)3/h4-6H2,1-3H3,(H,13,16). The molecule has 0 aromatic carbocycles. The van der Waals surface area contributed by atoms with E-state index >= 15 is 0 Å². The van der Waals surface area contributed by atoms with E-state index in [4.69, 9.17) is 0 Å². The molecule has 7 heteroatoms. The zero-order chi connectivity index (χ0) is 13.9. The van der Waals surface area contributed by atoms with E-state index in [2.05, 4.69) is 21.4 Å². The molecule has 6 nitrogen and oxygen atoms in total. The highest BCUT2D eigenvalue weighted by Gasteiger charge is 2.29. The second kappa shape index (κ2) is 5.99. The number of nitrogens with zero attached hydrogens (tertiary/aromatic N) is 2. The Morgan fingerprint density at radius 2 is 2.17 bits per heavy atom. The average molecular weight is 318 g/mol. The molecule has 0 saturated heterocycles. The van der Waals surface area contributed by atoms with E-state index < -0.39 is 4.92 Å². The number of rotatable bonds is 4. The zero-order valence-corrected chi connectivity index (χ0v) is 12.2. The maximum atomic E-state index is 11.5. The van der Waals surface area contributed by atoms with Crippen LogP contribution in [0.5, 0.6) is 0 Å². The van der Waals surface area contributed by atoms with Crippen LogP contribution in [0.4, 0.5) is 0 Å². The summed E-state index contributed by atoms with van der Waals surface area (Å²) in [5.41, 5.74) is 4.12. The number of hydrazine groups is 1. The van der Waals surface area contributed by atoms with Crippen LogP contribution in [-0.2, 0) is 4.79 Å². The molecule has 0 spiro atoms. The van der Waals surface area contributed by atoms with Crippen LogP contribution in [0, 0.1) is 10.1 Å². The van der Waals surface area contributed by atoms with E-state index in [9.17, 15) is 14.9 Å². The molecule has 0 aliphatic carbocycles. The molecule has 1 rings (SSSR count). The third-order valence-corrected chi connectivity index (χ3v) is 3.92. The van der Waals surface area contributed by atoms with Crippen LogP contribution in [0.25, 0.3) is 0 Å². The summed E-state index contributed by atoms with van der Waals surface area (Å²) >= 11 is 3.32. The highest BCUT2D eigenvalue weighted by atomic mass is 79.9. The molecule has 1 N–H and O–H groups in total. The van der Waals surface area contributed by atoms with Crippen molar-refractivity contribution < 1.29 is 9.72 Å². The smallest absolute Gasteiger partial charge is 0.271 e. The second-order valence-corrected chi connectivity index (χ2v) is 4.89. The van der Waals surface area contributed by atoms with Gasteiger partial charge in [-0.25, -0.2) is 0 Å². The fourth-order valence-electron chi connectivity index (χ4n) is 1.65. The Bertz CT molecular complexity index is 443. The lowest BCUT2D eigenvalue weighted by atomic mass is 10.1. The van der Waals surface area contributed by atoms with Crippen LogP contribution in [-0.4, -0.2) is 22.4 Å². The first-order valence-electron chi connectivity index (χ1n) is 5.66. The van der Waals surface area contributed by atoms with Gasteiger partial charge in [-0.05, 0) is 36.2 Å². The van der Waals surface area contributed by atoms with E-state index in [0.717, 1.165) is 12.1 Å². The Hall–Kier alpha value is -1.37. The van der Waals surface area contributed by atoms with Gasteiger partial charge >= 0.3 is 0 Å². The lowest BCUT2D eigenvalue weighted by molar-refractivity contribution is -0.429. The van der Waals surface area contributed by atoms with Crippen molar-refractivity contribution in [3.8, 4) is 0 Å². The maximum absolute atomic E-state index is 11.5. The van der Waals surface area contributed by atoms with Crippen molar-refractivity contribution in [2.24, 2.45) is 0 Å². The van der Waals surface area contributed by atoms with Crippen molar-refractivity contribution in [2.45, 2.75) is 33.6 Å². The number of allylic oxidation sites excluding steroid dienone is 3.